The van der Waals surface area contributed by atoms with Crippen molar-refractivity contribution < 1.29 is 9.18 Å². The van der Waals surface area contributed by atoms with E-state index in [1.165, 1.54) is 18.2 Å². The summed E-state index contributed by atoms with van der Waals surface area (Å²) < 4.78 is 13.0. The number of alkyl halides is 1. The summed E-state index contributed by atoms with van der Waals surface area (Å²) >= 11 is 8.89. The lowest BCUT2D eigenvalue weighted by molar-refractivity contribution is 0.0943. The van der Waals surface area contributed by atoms with Gasteiger partial charge in [-0.25, -0.2) is 4.39 Å². The Morgan fingerprint density at radius 2 is 2.33 bits per heavy atom. The number of rotatable bonds is 3. The van der Waals surface area contributed by atoms with E-state index in [4.69, 9.17) is 11.6 Å². The number of halogens is 3. The number of carbonyl (C=O) groups excluding carboxylic acids is 1. The van der Waals surface area contributed by atoms with Gasteiger partial charge in [0.15, 0.2) is 0 Å². The van der Waals surface area contributed by atoms with Crippen LogP contribution in [0.15, 0.2) is 18.2 Å². The van der Waals surface area contributed by atoms with E-state index in [0.29, 0.717) is 5.33 Å². The molecular formula is C10H10BrClFNO. The monoisotopic (exact) mass is 293 g/mol. The summed E-state index contributed by atoms with van der Waals surface area (Å²) in [6, 6.07) is 4.13. The first-order valence-corrected chi connectivity index (χ1v) is 5.87. The Morgan fingerprint density at radius 1 is 1.67 bits per heavy atom. The maximum absolute atomic E-state index is 13.0. The van der Waals surface area contributed by atoms with Crippen LogP contribution in [0.3, 0.4) is 0 Å². The molecule has 1 N–H and O–H groups in total. The van der Waals surface area contributed by atoms with Gasteiger partial charge in [0, 0.05) is 11.4 Å². The molecule has 2 nitrogen and oxygen atoms in total. The lowest BCUT2D eigenvalue weighted by Gasteiger charge is -2.11. The van der Waals surface area contributed by atoms with E-state index in [2.05, 4.69) is 21.2 Å². The SMILES string of the molecule is CC(CBr)NC(=O)c1cccc(F)c1Cl. The lowest BCUT2D eigenvalue weighted by Crippen LogP contribution is -2.33. The number of carbonyl (C=O) groups is 1. The van der Waals surface area contributed by atoms with E-state index in [1.54, 1.807) is 0 Å². The van der Waals surface area contributed by atoms with Crippen molar-refractivity contribution in [2.75, 3.05) is 5.33 Å². The molecule has 1 rings (SSSR count). The molecule has 0 saturated heterocycles. The van der Waals surface area contributed by atoms with Crippen molar-refractivity contribution in [3.8, 4) is 0 Å². The Labute approximate surface area is 101 Å². The molecule has 1 aromatic rings. The molecule has 0 fully saturated rings. The van der Waals surface area contributed by atoms with Crippen LogP contribution >= 0.6 is 27.5 Å². The molecule has 0 saturated carbocycles. The molecule has 0 radical (unpaired) electrons. The summed E-state index contributed by atoms with van der Waals surface area (Å²) in [6.07, 6.45) is 0. The van der Waals surface area contributed by atoms with Gasteiger partial charge in [-0.15, -0.1) is 0 Å². The molecule has 0 heterocycles. The molecule has 5 heteroatoms. The van der Waals surface area contributed by atoms with Gasteiger partial charge in [0.1, 0.15) is 5.82 Å². The first-order chi connectivity index (χ1) is 7.06. The Balaban J connectivity index is 2.87. The van der Waals surface area contributed by atoms with Crippen LogP contribution in [0.25, 0.3) is 0 Å². The zero-order chi connectivity index (χ0) is 11.4. The highest BCUT2D eigenvalue weighted by Gasteiger charge is 2.14. The van der Waals surface area contributed by atoms with Gasteiger partial charge in [-0.2, -0.15) is 0 Å². The maximum Gasteiger partial charge on any atom is 0.253 e. The van der Waals surface area contributed by atoms with Gasteiger partial charge in [-0.05, 0) is 19.1 Å². The Bertz CT molecular complexity index is 372. The van der Waals surface area contributed by atoms with Gasteiger partial charge in [0.05, 0.1) is 10.6 Å². The van der Waals surface area contributed by atoms with Crippen molar-refractivity contribution in [2.45, 2.75) is 13.0 Å². The minimum atomic E-state index is -0.587. The van der Waals surface area contributed by atoms with Gasteiger partial charge >= 0.3 is 0 Å². The summed E-state index contributed by atoms with van der Waals surface area (Å²) in [6.45, 7) is 1.83. The average molecular weight is 295 g/mol. The third-order valence-corrected chi connectivity index (χ3v) is 3.16. The average Bonchev–Trinajstić information content (AvgIpc) is 2.21. The molecule has 0 aliphatic heterocycles. The van der Waals surface area contributed by atoms with Crippen LogP contribution in [0.5, 0.6) is 0 Å². The summed E-state index contributed by atoms with van der Waals surface area (Å²) in [4.78, 5) is 11.6. The van der Waals surface area contributed by atoms with Crippen LogP contribution in [-0.2, 0) is 0 Å². The first kappa shape index (κ1) is 12.5. The number of hydrogen-bond donors (Lipinski definition) is 1. The predicted octanol–water partition coefficient (Wildman–Crippen LogP) is 2.99. The highest BCUT2D eigenvalue weighted by molar-refractivity contribution is 9.09. The molecule has 82 valence electrons. The number of amides is 1. The summed E-state index contributed by atoms with van der Waals surface area (Å²) in [5.74, 6) is -0.956. The second kappa shape index (κ2) is 5.47. The fourth-order valence-electron chi connectivity index (χ4n) is 1.02. The first-order valence-electron chi connectivity index (χ1n) is 4.37. The second-order valence-electron chi connectivity index (χ2n) is 3.13. The standard InChI is InChI=1S/C10H10BrClFNO/c1-6(5-11)14-10(15)7-3-2-4-8(13)9(7)12/h2-4,6H,5H2,1H3,(H,14,15). The van der Waals surface area contributed by atoms with Gasteiger partial charge in [-0.3, -0.25) is 4.79 Å². The summed E-state index contributed by atoms with van der Waals surface area (Å²) in [7, 11) is 0. The largest absolute Gasteiger partial charge is 0.349 e. The minimum Gasteiger partial charge on any atom is -0.349 e. The quantitative estimate of drug-likeness (QED) is 0.853. The molecule has 0 aliphatic rings. The zero-order valence-electron chi connectivity index (χ0n) is 8.06. The number of nitrogens with one attached hydrogen (secondary N) is 1. The van der Waals surface area contributed by atoms with Crippen molar-refractivity contribution in [1.29, 1.82) is 0 Å². The Morgan fingerprint density at radius 3 is 2.93 bits per heavy atom. The molecule has 15 heavy (non-hydrogen) atoms. The van der Waals surface area contributed by atoms with Crippen molar-refractivity contribution in [1.82, 2.24) is 5.32 Å². The van der Waals surface area contributed by atoms with Gasteiger partial charge in [-0.1, -0.05) is 33.6 Å². The van der Waals surface area contributed by atoms with E-state index < -0.39 is 5.82 Å². The zero-order valence-corrected chi connectivity index (χ0v) is 10.4. The van der Waals surface area contributed by atoms with Crippen molar-refractivity contribution >= 4 is 33.4 Å². The molecule has 1 aromatic carbocycles. The van der Waals surface area contributed by atoms with Gasteiger partial charge in [0.25, 0.3) is 5.91 Å². The summed E-state index contributed by atoms with van der Waals surface area (Å²) in [5, 5.41) is 3.17. The molecular weight excluding hydrogens is 284 g/mol. The normalized spacial score (nSPS) is 12.3. The van der Waals surface area contributed by atoms with Crippen LogP contribution in [0.4, 0.5) is 4.39 Å². The van der Waals surface area contributed by atoms with Gasteiger partial charge < -0.3 is 5.32 Å². The van der Waals surface area contributed by atoms with Crippen molar-refractivity contribution in [3.05, 3.63) is 34.6 Å². The molecule has 0 aromatic heterocycles. The van der Waals surface area contributed by atoms with E-state index >= 15 is 0 Å². The van der Waals surface area contributed by atoms with Gasteiger partial charge in [0.2, 0.25) is 0 Å². The van der Waals surface area contributed by atoms with Crippen molar-refractivity contribution in [3.63, 3.8) is 0 Å². The smallest absolute Gasteiger partial charge is 0.253 e. The lowest BCUT2D eigenvalue weighted by atomic mass is 10.2. The molecule has 0 bridgehead atoms. The van der Waals surface area contributed by atoms with Crippen LogP contribution in [0, 0.1) is 5.82 Å². The van der Waals surface area contributed by atoms with Crippen molar-refractivity contribution in [2.24, 2.45) is 0 Å². The maximum atomic E-state index is 13.0. The van der Waals surface area contributed by atoms with Crippen LogP contribution in [0.1, 0.15) is 17.3 Å². The molecule has 0 spiro atoms. The van der Waals surface area contributed by atoms with E-state index in [0.717, 1.165) is 0 Å². The third-order valence-electron chi connectivity index (χ3n) is 1.81. The molecule has 0 aliphatic carbocycles. The van der Waals surface area contributed by atoms with E-state index in [1.807, 2.05) is 6.92 Å². The fourth-order valence-corrected chi connectivity index (χ4v) is 1.39. The third kappa shape index (κ3) is 3.18. The summed E-state index contributed by atoms with van der Waals surface area (Å²) in [5.41, 5.74) is 0.157. The van der Waals surface area contributed by atoms with Crippen LogP contribution in [0.2, 0.25) is 5.02 Å². The fraction of sp³-hybridized carbons (Fsp3) is 0.300. The van der Waals surface area contributed by atoms with E-state index in [-0.39, 0.29) is 22.5 Å². The van der Waals surface area contributed by atoms with E-state index in [9.17, 15) is 9.18 Å². The Kier molecular flexibility index (Phi) is 4.54. The number of hydrogen-bond acceptors (Lipinski definition) is 1. The molecule has 1 amide bonds. The second-order valence-corrected chi connectivity index (χ2v) is 4.16. The van der Waals surface area contributed by atoms with Crippen LogP contribution < -0.4 is 5.32 Å². The molecule has 1 unspecified atom stereocenters. The topological polar surface area (TPSA) is 29.1 Å². The highest BCUT2D eigenvalue weighted by atomic mass is 79.9. The highest BCUT2D eigenvalue weighted by Crippen LogP contribution is 2.19. The van der Waals surface area contributed by atoms with Crippen LogP contribution in [-0.4, -0.2) is 17.3 Å². The molecule has 1 atom stereocenters. The number of benzene rings is 1. The predicted molar refractivity (Wildman–Crippen MR) is 62.1 cm³/mol. The Hall–Kier alpha value is -0.610. The minimum absolute atomic E-state index is 0.0307.